The van der Waals surface area contributed by atoms with Gasteiger partial charge in [0.2, 0.25) is 0 Å². The van der Waals surface area contributed by atoms with E-state index >= 15 is 0 Å². The maximum absolute atomic E-state index is 12.0. The molecule has 1 amide bonds. The molecule has 0 aliphatic carbocycles. The number of thiazole rings is 1. The summed E-state index contributed by atoms with van der Waals surface area (Å²) in [5.74, 6) is -0.130. The molecule has 0 radical (unpaired) electrons. The van der Waals surface area contributed by atoms with Crippen LogP contribution in [-0.4, -0.2) is 10.9 Å². The van der Waals surface area contributed by atoms with Crippen LogP contribution in [0.5, 0.6) is 0 Å². The highest BCUT2D eigenvalue weighted by molar-refractivity contribution is 7.07. The number of furan rings is 1. The second kappa shape index (κ2) is 4.86. The molecule has 3 aromatic rings. The van der Waals surface area contributed by atoms with Gasteiger partial charge < -0.3 is 20.5 Å². The maximum Gasteiger partial charge on any atom is 0.304 e. The van der Waals surface area contributed by atoms with Gasteiger partial charge >= 0.3 is 4.87 Å². The van der Waals surface area contributed by atoms with Crippen molar-refractivity contribution in [1.29, 1.82) is 0 Å². The molecule has 0 atom stereocenters. The minimum absolute atomic E-state index is 0.145. The molecule has 2 aromatic heterocycles. The normalized spacial score (nSPS) is 10.8. The number of amides is 1. The Morgan fingerprint density at radius 2 is 2.25 bits per heavy atom. The van der Waals surface area contributed by atoms with E-state index in [2.05, 4.69) is 10.3 Å². The number of H-pyrrole nitrogens is 1. The first-order valence-electron chi connectivity index (χ1n) is 5.86. The van der Waals surface area contributed by atoms with Gasteiger partial charge in [-0.15, -0.1) is 0 Å². The van der Waals surface area contributed by atoms with Gasteiger partial charge in [0.1, 0.15) is 5.58 Å². The Bertz CT molecular complexity index is 831. The molecule has 0 saturated carbocycles. The lowest BCUT2D eigenvalue weighted by Crippen LogP contribution is -2.22. The molecule has 0 aliphatic heterocycles. The number of nitrogens with two attached hydrogens (primary N) is 1. The highest BCUT2D eigenvalue weighted by atomic mass is 32.1. The van der Waals surface area contributed by atoms with E-state index in [0.717, 1.165) is 16.7 Å². The van der Waals surface area contributed by atoms with Crippen molar-refractivity contribution in [2.45, 2.75) is 6.54 Å². The van der Waals surface area contributed by atoms with E-state index in [0.29, 0.717) is 17.0 Å². The minimum Gasteiger partial charge on any atom is -0.451 e. The Morgan fingerprint density at radius 1 is 1.40 bits per heavy atom. The van der Waals surface area contributed by atoms with E-state index in [1.165, 1.54) is 0 Å². The summed E-state index contributed by atoms with van der Waals surface area (Å²) in [5, 5.41) is 5.12. The first-order valence-corrected chi connectivity index (χ1v) is 6.74. The molecule has 4 N–H and O–H groups in total. The van der Waals surface area contributed by atoms with Crippen molar-refractivity contribution in [1.82, 2.24) is 10.3 Å². The molecule has 102 valence electrons. The Morgan fingerprint density at radius 3 is 3.00 bits per heavy atom. The van der Waals surface area contributed by atoms with Crippen LogP contribution >= 0.6 is 11.3 Å². The van der Waals surface area contributed by atoms with Crippen molar-refractivity contribution < 1.29 is 9.21 Å². The Hall–Kier alpha value is -2.54. The van der Waals surface area contributed by atoms with Crippen LogP contribution in [0.3, 0.4) is 0 Å². The predicted octanol–water partition coefficient (Wildman–Crippen LogP) is 1.69. The molecular weight excluding hydrogens is 278 g/mol. The molecule has 0 fully saturated rings. The quantitative estimate of drug-likeness (QED) is 0.639. The average Bonchev–Trinajstić information content (AvgIpc) is 3.01. The number of nitrogen functional groups attached to an aromatic ring is 1. The van der Waals surface area contributed by atoms with Gasteiger partial charge in [-0.05, 0) is 24.3 Å². The van der Waals surface area contributed by atoms with Crippen LogP contribution in [-0.2, 0) is 6.54 Å². The molecule has 0 bridgehead atoms. The van der Waals surface area contributed by atoms with Crippen molar-refractivity contribution >= 4 is 33.9 Å². The molecule has 0 spiro atoms. The number of carbonyl (C=O) groups excluding carboxylic acids is 1. The zero-order valence-electron chi connectivity index (χ0n) is 10.3. The van der Waals surface area contributed by atoms with E-state index in [1.54, 1.807) is 29.6 Å². The third-order valence-electron chi connectivity index (χ3n) is 2.77. The summed E-state index contributed by atoms with van der Waals surface area (Å²) in [7, 11) is 0. The second-order valence-corrected chi connectivity index (χ2v) is 5.11. The topological polar surface area (TPSA) is 101 Å². The van der Waals surface area contributed by atoms with Gasteiger partial charge in [-0.3, -0.25) is 9.59 Å². The van der Waals surface area contributed by atoms with Crippen molar-refractivity contribution in [2.75, 3.05) is 5.73 Å². The van der Waals surface area contributed by atoms with E-state index in [-0.39, 0.29) is 23.1 Å². The molecule has 7 heteroatoms. The number of nitrogens with one attached hydrogen (secondary N) is 2. The number of anilines is 1. The number of benzene rings is 1. The number of rotatable bonds is 3. The zero-order valence-corrected chi connectivity index (χ0v) is 11.1. The second-order valence-electron chi connectivity index (χ2n) is 4.26. The molecule has 3 rings (SSSR count). The molecular formula is C13H11N3O3S. The Labute approximate surface area is 117 Å². The molecule has 2 heterocycles. The predicted molar refractivity (Wildman–Crippen MR) is 76.7 cm³/mol. The van der Waals surface area contributed by atoms with Crippen LogP contribution in [0.2, 0.25) is 0 Å². The third kappa shape index (κ3) is 2.43. The van der Waals surface area contributed by atoms with Crippen LogP contribution in [0.25, 0.3) is 11.0 Å². The minimum atomic E-state index is -0.341. The molecule has 20 heavy (non-hydrogen) atoms. The smallest absolute Gasteiger partial charge is 0.304 e. The van der Waals surface area contributed by atoms with Gasteiger partial charge in [0.15, 0.2) is 5.76 Å². The SMILES string of the molecule is Nc1ccc2oc(C(=O)NCc3csc(=O)[nH]3)cc2c1. The summed E-state index contributed by atoms with van der Waals surface area (Å²) in [4.78, 5) is 25.4. The van der Waals surface area contributed by atoms with Crippen LogP contribution in [0, 0.1) is 0 Å². The van der Waals surface area contributed by atoms with Gasteiger partial charge in [-0.1, -0.05) is 11.3 Å². The van der Waals surface area contributed by atoms with E-state index in [9.17, 15) is 9.59 Å². The fraction of sp³-hybridized carbons (Fsp3) is 0.0769. The number of fused-ring (bicyclic) bond motifs is 1. The third-order valence-corrected chi connectivity index (χ3v) is 3.49. The number of hydrogen-bond acceptors (Lipinski definition) is 5. The summed E-state index contributed by atoms with van der Waals surface area (Å²) in [6.45, 7) is 0.247. The fourth-order valence-corrected chi connectivity index (χ4v) is 2.42. The molecule has 6 nitrogen and oxygen atoms in total. The van der Waals surface area contributed by atoms with Gasteiger partial charge in [0.05, 0.1) is 6.54 Å². The first kappa shape index (κ1) is 12.5. The van der Waals surface area contributed by atoms with Gasteiger partial charge in [0, 0.05) is 22.1 Å². The van der Waals surface area contributed by atoms with E-state index in [4.69, 9.17) is 10.2 Å². The number of aromatic amines is 1. The molecule has 1 aromatic carbocycles. The Balaban J connectivity index is 1.76. The lowest BCUT2D eigenvalue weighted by Gasteiger charge is -1.99. The number of carbonyl (C=O) groups is 1. The van der Waals surface area contributed by atoms with Crippen LogP contribution < -0.4 is 15.9 Å². The van der Waals surface area contributed by atoms with Gasteiger partial charge in [0.25, 0.3) is 5.91 Å². The van der Waals surface area contributed by atoms with Gasteiger partial charge in [-0.2, -0.15) is 0 Å². The monoisotopic (exact) mass is 289 g/mol. The standard InChI is InChI=1S/C13H11N3O3S/c14-8-1-2-10-7(3-8)4-11(19-10)12(17)15-5-9-6-20-13(18)16-9/h1-4,6H,5,14H2,(H,15,17)(H,16,18). The summed E-state index contributed by atoms with van der Waals surface area (Å²) in [5.41, 5.74) is 7.55. The Kier molecular flexibility index (Phi) is 3.03. The average molecular weight is 289 g/mol. The fourth-order valence-electron chi connectivity index (χ4n) is 1.84. The zero-order chi connectivity index (χ0) is 14.1. The summed E-state index contributed by atoms with van der Waals surface area (Å²) in [6.07, 6.45) is 0. The van der Waals surface area contributed by atoms with Crippen LogP contribution in [0.15, 0.2) is 38.9 Å². The molecule has 0 aliphatic rings. The summed E-state index contributed by atoms with van der Waals surface area (Å²) < 4.78 is 5.44. The molecule has 0 saturated heterocycles. The maximum atomic E-state index is 12.0. The van der Waals surface area contributed by atoms with E-state index in [1.807, 2.05) is 0 Å². The first-order chi connectivity index (χ1) is 9.61. The van der Waals surface area contributed by atoms with Crippen molar-refractivity contribution in [3.8, 4) is 0 Å². The summed E-state index contributed by atoms with van der Waals surface area (Å²) in [6, 6.07) is 6.81. The van der Waals surface area contributed by atoms with Crippen LogP contribution in [0.4, 0.5) is 5.69 Å². The van der Waals surface area contributed by atoms with Gasteiger partial charge in [-0.25, -0.2) is 0 Å². The highest BCUT2D eigenvalue weighted by Gasteiger charge is 2.12. The van der Waals surface area contributed by atoms with Crippen molar-refractivity contribution in [2.24, 2.45) is 0 Å². The molecule has 0 unspecified atom stereocenters. The lowest BCUT2D eigenvalue weighted by molar-refractivity contribution is 0.0925. The summed E-state index contributed by atoms with van der Waals surface area (Å²) >= 11 is 1.06. The van der Waals surface area contributed by atoms with Crippen molar-refractivity contribution in [3.05, 3.63) is 50.8 Å². The lowest BCUT2D eigenvalue weighted by atomic mass is 10.2. The largest absolute Gasteiger partial charge is 0.451 e. The van der Waals surface area contributed by atoms with Crippen molar-refractivity contribution in [3.63, 3.8) is 0 Å². The highest BCUT2D eigenvalue weighted by Crippen LogP contribution is 2.21. The number of hydrogen-bond donors (Lipinski definition) is 3. The number of aromatic nitrogens is 1. The van der Waals surface area contributed by atoms with Crippen LogP contribution in [0.1, 0.15) is 16.2 Å². The van der Waals surface area contributed by atoms with E-state index < -0.39 is 0 Å².